The Morgan fingerprint density at radius 3 is 2.38 bits per heavy atom. The van der Waals surface area contributed by atoms with Gasteiger partial charge in [-0.1, -0.05) is 0 Å². The van der Waals surface area contributed by atoms with E-state index in [-0.39, 0.29) is 5.92 Å². The lowest BCUT2D eigenvalue weighted by atomic mass is 9.85. The molecule has 16 heavy (non-hydrogen) atoms. The molecule has 0 aromatic rings. The van der Waals surface area contributed by atoms with Gasteiger partial charge in [-0.2, -0.15) is 5.06 Å². The molecule has 0 saturated carbocycles. The summed E-state index contributed by atoms with van der Waals surface area (Å²) in [4.78, 5) is 14.4. The van der Waals surface area contributed by atoms with Crippen LogP contribution in [0, 0.1) is 5.92 Å². The SMILES string of the molecule is O=C(C1CCN(O)CC1)N1C2CNCC1C2. The first kappa shape index (κ1) is 10.5. The predicted molar refractivity (Wildman–Crippen MR) is 58.0 cm³/mol. The van der Waals surface area contributed by atoms with E-state index in [2.05, 4.69) is 10.2 Å². The molecule has 0 radical (unpaired) electrons. The van der Waals surface area contributed by atoms with Gasteiger partial charge in [0.05, 0.1) is 0 Å². The van der Waals surface area contributed by atoms with Crippen molar-refractivity contribution in [3.63, 3.8) is 0 Å². The van der Waals surface area contributed by atoms with E-state index in [9.17, 15) is 10.0 Å². The number of nitrogens with zero attached hydrogens (tertiary/aromatic N) is 2. The van der Waals surface area contributed by atoms with Crippen LogP contribution in [-0.4, -0.2) is 59.3 Å². The van der Waals surface area contributed by atoms with Gasteiger partial charge in [0, 0.05) is 44.2 Å². The second kappa shape index (κ2) is 3.98. The fourth-order valence-electron chi connectivity index (χ4n) is 3.16. The molecule has 0 aromatic heterocycles. The fourth-order valence-corrected chi connectivity index (χ4v) is 3.16. The number of hydrogen-bond acceptors (Lipinski definition) is 4. The quantitative estimate of drug-likeness (QED) is 0.641. The molecule has 1 amide bonds. The molecule has 0 aromatic carbocycles. The Hall–Kier alpha value is -0.650. The first-order chi connectivity index (χ1) is 7.75. The maximum atomic E-state index is 12.3. The van der Waals surface area contributed by atoms with Crippen LogP contribution in [0.3, 0.4) is 0 Å². The summed E-state index contributed by atoms with van der Waals surface area (Å²) in [6.45, 7) is 3.19. The summed E-state index contributed by atoms with van der Waals surface area (Å²) in [5.41, 5.74) is 0. The highest BCUT2D eigenvalue weighted by atomic mass is 16.5. The molecule has 2 bridgehead atoms. The monoisotopic (exact) mass is 225 g/mol. The summed E-state index contributed by atoms with van der Waals surface area (Å²) in [7, 11) is 0. The molecule has 3 rings (SSSR count). The van der Waals surface area contributed by atoms with Gasteiger partial charge in [-0.05, 0) is 19.3 Å². The second-order valence-corrected chi connectivity index (χ2v) is 5.18. The summed E-state index contributed by atoms with van der Waals surface area (Å²) >= 11 is 0. The number of hydrogen-bond donors (Lipinski definition) is 2. The van der Waals surface area contributed by atoms with E-state index in [0.717, 1.165) is 25.9 Å². The zero-order valence-electron chi connectivity index (χ0n) is 9.43. The minimum Gasteiger partial charge on any atom is -0.334 e. The van der Waals surface area contributed by atoms with Crippen molar-refractivity contribution < 1.29 is 10.0 Å². The first-order valence-electron chi connectivity index (χ1n) is 6.22. The molecule has 3 aliphatic heterocycles. The van der Waals surface area contributed by atoms with Crippen LogP contribution >= 0.6 is 0 Å². The summed E-state index contributed by atoms with van der Waals surface area (Å²) in [6, 6.07) is 0.886. The molecule has 3 aliphatic rings. The van der Waals surface area contributed by atoms with Crippen LogP contribution in [0.2, 0.25) is 0 Å². The molecule has 90 valence electrons. The predicted octanol–water partition coefficient (Wildman–Crippen LogP) is -0.340. The van der Waals surface area contributed by atoms with Crippen molar-refractivity contribution in [2.45, 2.75) is 31.3 Å². The van der Waals surface area contributed by atoms with E-state index in [1.807, 2.05) is 0 Å². The molecule has 0 aliphatic carbocycles. The van der Waals surface area contributed by atoms with Gasteiger partial charge in [-0.15, -0.1) is 0 Å². The number of rotatable bonds is 1. The Bertz CT molecular complexity index is 275. The summed E-state index contributed by atoms with van der Waals surface area (Å²) in [5, 5.41) is 13.9. The number of hydroxylamine groups is 2. The lowest BCUT2D eigenvalue weighted by Gasteiger charge is -2.54. The Balaban J connectivity index is 1.61. The zero-order chi connectivity index (χ0) is 11.1. The van der Waals surface area contributed by atoms with Gasteiger partial charge < -0.3 is 15.4 Å². The van der Waals surface area contributed by atoms with Gasteiger partial charge >= 0.3 is 0 Å². The third-order valence-electron chi connectivity index (χ3n) is 4.17. The number of carbonyl (C=O) groups is 1. The highest BCUT2D eigenvalue weighted by Crippen LogP contribution is 2.32. The van der Waals surface area contributed by atoms with Gasteiger partial charge in [0.1, 0.15) is 0 Å². The number of piperazine rings is 1. The van der Waals surface area contributed by atoms with Crippen molar-refractivity contribution in [2.24, 2.45) is 5.92 Å². The maximum Gasteiger partial charge on any atom is 0.226 e. The van der Waals surface area contributed by atoms with Gasteiger partial charge in [-0.3, -0.25) is 4.79 Å². The van der Waals surface area contributed by atoms with Crippen LogP contribution in [0.15, 0.2) is 0 Å². The third kappa shape index (κ3) is 1.63. The number of nitrogens with one attached hydrogen (secondary N) is 1. The van der Waals surface area contributed by atoms with Crippen LogP contribution in [0.25, 0.3) is 0 Å². The minimum absolute atomic E-state index is 0.145. The smallest absolute Gasteiger partial charge is 0.226 e. The Morgan fingerprint density at radius 1 is 1.19 bits per heavy atom. The zero-order valence-corrected chi connectivity index (χ0v) is 9.43. The summed E-state index contributed by atoms with van der Waals surface area (Å²) in [5.74, 6) is 0.475. The highest BCUT2D eigenvalue weighted by Gasteiger charge is 2.46. The Labute approximate surface area is 95.4 Å². The number of fused-ring (bicyclic) bond motifs is 2. The van der Waals surface area contributed by atoms with Crippen molar-refractivity contribution in [2.75, 3.05) is 26.2 Å². The standard InChI is InChI=1S/C11H19N3O2/c15-11(8-1-3-13(16)4-2-8)14-9-5-10(14)7-12-6-9/h8-10,12,16H,1-7H2. The van der Waals surface area contributed by atoms with Crippen LogP contribution in [-0.2, 0) is 4.79 Å². The van der Waals surface area contributed by atoms with Crippen LogP contribution in [0.4, 0.5) is 0 Å². The van der Waals surface area contributed by atoms with E-state index in [1.54, 1.807) is 0 Å². The van der Waals surface area contributed by atoms with Gasteiger partial charge in [0.25, 0.3) is 0 Å². The number of piperidine rings is 2. The molecular weight excluding hydrogens is 206 g/mol. The lowest BCUT2D eigenvalue weighted by molar-refractivity contribution is -0.159. The third-order valence-corrected chi connectivity index (χ3v) is 4.17. The van der Waals surface area contributed by atoms with Crippen LogP contribution < -0.4 is 5.32 Å². The molecule has 5 heteroatoms. The molecule has 3 saturated heterocycles. The average molecular weight is 225 g/mol. The van der Waals surface area contributed by atoms with Gasteiger partial charge in [-0.25, -0.2) is 0 Å². The van der Waals surface area contributed by atoms with Crippen molar-refractivity contribution >= 4 is 5.91 Å². The second-order valence-electron chi connectivity index (χ2n) is 5.18. The molecule has 5 nitrogen and oxygen atoms in total. The van der Waals surface area contributed by atoms with Crippen molar-refractivity contribution in [3.05, 3.63) is 0 Å². The van der Waals surface area contributed by atoms with Crippen molar-refractivity contribution in [1.29, 1.82) is 0 Å². The van der Waals surface area contributed by atoms with E-state index in [1.165, 1.54) is 11.5 Å². The number of amides is 1. The molecule has 3 fully saturated rings. The largest absolute Gasteiger partial charge is 0.334 e. The molecule has 2 atom stereocenters. The van der Waals surface area contributed by atoms with E-state index in [4.69, 9.17) is 0 Å². The summed E-state index contributed by atoms with van der Waals surface area (Å²) < 4.78 is 0. The molecule has 2 unspecified atom stereocenters. The van der Waals surface area contributed by atoms with Crippen LogP contribution in [0.5, 0.6) is 0 Å². The average Bonchev–Trinajstić information content (AvgIpc) is 2.30. The molecular formula is C11H19N3O2. The van der Waals surface area contributed by atoms with Gasteiger partial charge in [0.15, 0.2) is 0 Å². The number of carbonyl (C=O) groups excluding carboxylic acids is 1. The van der Waals surface area contributed by atoms with E-state index >= 15 is 0 Å². The van der Waals surface area contributed by atoms with Crippen molar-refractivity contribution in [1.82, 2.24) is 15.3 Å². The summed E-state index contributed by atoms with van der Waals surface area (Å²) in [6.07, 6.45) is 2.79. The van der Waals surface area contributed by atoms with Crippen molar-refractivity contribution in [3.8, 4) is 0 Å². The van der Waals surface area contributed by atoms with Crippen LogP contribution in [0.1, 0.15) is 19.3 Å². The normalized spacial score (nSPS) is 35.9. The maximum absolute atomic E-state index is 12.3. The minimum atomic E-state index is 0.145. The first-order valence-corrected chi connectivity index (χ1v) is 6.22. The molecule has 3 heterocycles. The van der Waals surface area contributed by atoms with E-state index in [0.29, 0.717) is 31.1 Å². The Morgan fingerprint density at radius 2 is 1.81 bits per heavy atom. The lowest BCUT2D eigenvalue weighted by Crippen LogP contribution is -2.70. The topological polar surface area (TPSA) is 55.8 Å². The van der Waals surface area contributed by atoms with Gasteiger partial charge in [0.2, 0.25) is 5.91 Å². The highest BCUT2D eigenvalue weighted by molar-refractivity contribution is 5.80. The fraction of sp³-hybridized carbons (Fsp3) is 0.909. The Kier molecular flexibility index (Phi) is 2.61. The van der Waals surface area contributed by atoms with E-state index < -0.39 is 0 Å². The molecule has 2 N–H and O–H groups in total. The molecule has 0 spiro atoms.